The Morgan fingerprint density at radius 1 is 1.00 bits per heavy atom. The number of rotatable bonds is 7. The fraction of sp³-hybridized carbons (Fsp3) is 0.250. The normalized spacial score (nSPS) is 13.1. The molecular weight excluding hydrogens is 424 g/mol. The highest BCUT2D eigenvalue weighted by atomic mass is 16.2. The molecular formula is C28H28N4O2. The van der Waals surface area contributed by atoms with Crippen LogP contribution in [0, 0.1) is 13.8 Å². The first kappa shape index (κ1) is 21.9. The van der Waals surface area contributed by atoms with Crippen LogP contribution in [0.1, 0.15) is 39.9 Å². The number of benzene rings is 3. The standard InChI is InChI=1S/C28H28N4O2/c1-18-3-6-20(7-4-18)15-29-27(33)17-32-26-12-9-21(13-23(26)16-30-32)25-14-22(8-5-19(25)2)28(34)31-24-10-11-24/h3-9,12-14,16,24H,10-11,15,17H2,1-2H3,(H,29,33)(H,31,34). The molecule has 0 radical (unpaired) electrons. The molecule has 0 saturated heterocycles. The Kier molecular flexibility index (Phi) is 5.88. The minimum absolute atomic E-state index is 0.0192. The zero-order valence-electron chi connectivity index (χ0n) is 19.5. The molecule has 2 amide bonds. The number of amides is 2. The molecule has 1 saturated carbocycles. The van der Waals surface area contributed by atoms with Crippen LogP contribution in [-0.4, -0.2) is 27.6 Å². The maximum Gasteiger partial charge on any atom is 0.251 e. The fourth-order valence-corrected chi connectivity index (χ4v) is 4.05. The molecule has 0 spiro atoms. The highest BCUT2D eigenvalue weighted by molar-refractivity contribution is 5.96. The molecule has 172 valence electrons. The van der Waals surface area contributed by atoms with E-state index in [9.17, 15) is 9.59 Å². The van der Waals surface area contributed by atoms with Gasteiger partial charge >= 0.3 is 0 Å². The number of carbonyl (C=O) groups is 2. The lowest BCUT2D eigenvalue weighted by Crippen LogP contribution is -2.27. The van der Waals surface area contributed by atoms with E-state index in [0.717, 1.165) is 46.0 Å². The minimum atomic E-state index is -0.0835. The molecule has 0 aliphatic heterocycles. The van der Waals surface area contributed by atoms with Crippen LogP contribution >= 0.6 is 0 Å². The minimum Gasteiger partial charge on any atom is -0.350 e. The molecule has 5 rings (SSSR count). The van der Waals surface area contributed by atoms with Gasteiger partial charge in [-0.3, -0.25) is 14.3 Å². The Labute approximate surface area is 199 Å². The first-order valence-corrected chi connectivity index (χ1v) is 11.7. The number of hydrogen-bond acceptors (Lipinski definition) is 3. The van der Waals surface area contributed by atoms with Crippen molar-refractivity contribution in [1.29, 1.82) is 0 Å². The molecule has 0 unspecified atom stereocenters. The van der Waals surface area contributed by atoms with E-state index < -0.39 is 0 Å². The zero-order valence-corrected chi connectivity index (χ0v) is 19.5. The van der Waals surface area contributed by atoms with Gasteiger partial charge in [-0.2, -0.15) is 5.10 Å². The lowest BCUT2D eigenvalue weighted by atomic mass is 9.97. The Morgan fingerprint density at radius 2 is 1.79 bits per heavy atom. The van der Waals surface area contributed by atoms with Gasteiger partial charge in [-0.05, 0) is 73.2 Å². The van der Waals surface area contributed by atoms with Gasteiger partial charge in [0.1, 0.15) is 6.54 Å². The van der Waals surface area contributed by atoms with E-state index in [1.807, 2.05) is 68.4 Å². The number of fused-ring (bicyclic) bond motifs is 1. The van der Waals surface area contributed by atoms with Gasteiger partial charge in [0, 0.05) is 23.5 Å². The molecule has 1 aliphatic carbocycles. The van der Waals surface area contributed by atoms with Gasteiger partial charge in [0.15, 0.2) is 0 Å². The predicted molar refractivity (Wildman–Crippen MR) is 133 cm³/mol. The molecule has 0 bridgehead atoms. The van der Waals surface area contributed by atoms with Crippen molar-refractivity contribution in [1.82, 2.24) is 20.4 Å². The monoisotopic (exact) mass is 452 g/mol. The Morgan fingerprint density at radius 3 is 2.56 bits per heavy atom. The summed E-state index contributed by atoms with van der Waals surface area (Å²) < 4.78 is 1.72. The van der Waals surface area contributed by atoms with E-state index in [1.54, 1.807) is 10.9 Å². The van der Waals surface area contributed by atoms with E-state index in [1.165, 1.54) is 5.56 Å². The van der Waals surface area contributed by atoms with Crippen molar-refractivity contribution in [2.24, 2.45) is 0 Å². The van der Waals surface area contributed by atoms with Crippen LogP contribution in [0.25, 0.3) is 22.0 Å². The molecule has 4 aromatic rings. The number of carbonyl (C=O) groups excluding carboxylic acids is 2. The quantitative estimate of drug-likeness (QED) is 0.433. The SMILES string of the molecule is Cc1ccc(CNC(=O)Cn2ncc3cc(-c4cc(C(=O)NC5CC5)ccc4C)ccc32)cc1. The van der Waals surface area contributed by atoms with Crippen molar-refractivity contribution in [3.63, 3.8) is 0 Å². The third-order valence-corrected chi connectivity index (χ3v) is 6.27. The molecule has 34 heavy (non-hydrogen) atoms. The van der Waals surface area contributed by atoms with Crippen molar-refractivity contribution >= 4 is 22.7 Å². The predicted octanol–water partition coefficient (Wildman–Crippen LogP) is 4.53. The molecule has 1 aromatic heterocycles. The Hall–Kier alpha value is -3.93. The Bertz CT molecular complexity index is 1370. The van der Waals surface area contributed by atoms with Gasteiger partial charge in [-0.1, -0.05) is 42.0 Å². The van der Waals surface area contributed by atoms with Crippen LogP contribution in [0.2, 0.25) is 0 Å². The second kappa shape index (κ2) is 9.14. The maximum atomic E-state index is 12.5. The third-order valence-electron chi connectivity index (χ3n) is 6.27. The second-order valence-corrected chi connectivity index (χ2v) is 9.12. The average Bonchev–Trinajstić information content (AvgIpc) is 3.57. The number of aromatic nitrogens is 2. The van der Waals surface area contributed by atoms with Gasteiger partial charge in [-0.15, -0.1) is 0 Å². The first-order valence-electron chi connectivity index (χ1n) is 11.7. The van der Waals surface area contributed by atoms with Gasteiger partial charge in [0.25, 0.3) is 5.91 Å². The van der Waals surface area contributed by atoms with Gasteiger partial charge < -0.3 is 10.6 Å². The molecule has 1 heterocycles. The van der Waals surface area contributed by atoms with Crippen LogP contribution in [0.3, 0.4) is 0 Å². The average molecular weight is 453 g/mol. The number of hydrogen-bond donors (Lipinski definition) is 2. The van der Waals surface area contributed by atoms with Gasteiger partial charge in [0.2, 0.25) is 5.91 Å². The van der Waals surface area contributed by atoms with Gasteiger partial charge in [-0.25, -0.2) is 0 Å². The largest absolute Gasteiger partial charge is 0.350 e. The molecule has 3 aromatic carbocycles. The topological polar surface area (TPSA) is 76.0 Å². The van der Waals surface area contributed by atoms with E-state index in [2.05, 4.69) is 21.8 Å². The van der Waals surface area contributed by atoms with Crippen molar-refractivity contribution in [3.8, 4) is 11.1 Å². The summed E-state index contributed by atoms with van der Waals surface area (Å²) in [5.74, 6) is -0.103. The van der Waals surface area contributed by atoms with Crippen LogP contribution < -0.4 is 10.6 Å². The van der Waals surface area contributed by atoms with Crippen molar-refractivity contribution in [3.05, 3.63) is 89.1 Å². The van der Waals surface area contributed by atoms with E-state index in [4.69, 9.17) is 0 Å². The zero-order chi connectivity index (χ0) is 23.7. The van der Waals surface area contributed by atoms with Crippen molar-refractivity contribution in [2.45, 2.75) is 45.8 Å². The lowest BCUT2D eigenvalue weighted by Gasteiger charge is -2.10. The summed E-state index contributed by atoms with van der Waals surface area (Å²) in [6.45, 7) is 4.74. The molecule has 1 aliphatic rings. The maximum absolute atomic E-state index is 12.5. The van der Waals surface area contributed by atoms with Crippen molar-refractivity contribution < 1.29 is 9.59 Å². The molecule has 1 fully saturated rings. The number of nitrogens with one attached hydrogen (secondary N) is 2. The number of aryl methyl sites for hydroxylation is 2. The van der Waals surface area contributed by atoms with Crippen molar-refractivity contribution in [2.75, 3.05) is 0 Å². The van der Waals surface area contributed by atoms with Crippen LogP contribution in [0.4, 0.5) is 0 Å². The summed E-state index contributed by atoms with van der Waals surface area (Å²) in [7, 11) is 0. The lowest BCUT2D eigenvalue weighted by molar-refractivity contribution is -0.121. The summed E-state index contributed by atoms with van der Waals surface area (Å²) in [6, 6.07) is 20.3. The van der Waals surface area contributed by atoms with E-state index in [0.29, 0.717) is 18.2 Å². The molecule has 6 heteroatoms. The van der Waals surface area contributed by atoms with Crippen LogP contribution in [0.5, 0.6) is 0 Å². The summed E-state index contributed by atoms with van der Waals surface area (Å²) in [5.41, 5.74) is 6.98. The molecule has 6 nitrogen and oxygen atoms in total. The summed E-state index contributed by atoms with van der Waals surface area (Å²) >= 11 is 0. The van der Waals surface area contributed by atoms with E-state index >= 15 is 0 Å². The smallest absolute Gasteiger partial charge is 0.251 e. The number of nitrogens with zero attached hydrogens (tertiary/aromatic N) is 2. The second-order valence-electron chi connectivity index (χ2n) is 9.12. The first-order chi connectivity index (χ1) is 16.5. The van der Waals surface area contributed by atoms with Gasteiger partial charge in [0.05, 0.1) is 11.7 Å². The Balaban J connectivity index is 1.31. The summed E-state index contributed by atoms with van der Waals surface area (Å²) in [5, 5.41) is 11.4. The summed E-state index contributed by atoms with van der Waals surface area (Å²) in [4.78, 5) is 25.0. The summed E-state index contributed by atoms with van der Waals surface area (Å²) in [6.07, 6.45) is 3.91. The molecule has 0 atom stereocenters. The van der Waals surface area contributed by atoms with Crippen LogP contribution in [-0.2, 0) is 17.9 Å². The van der Waals surface area contributed by atoms with Crippen LogP contribution in [0.15, 0.2) is 66.9 Å². The highest BCUT2D eigenvalue weighted by Gasteiger charge is 2.24. The fourth-order valence-electron chi connectivity index (χ4n) is 4.05. The highest BCUT2D eigenvalue weighted by Crippen LogP contribution is 2.28. The molecule has 2 N–H and O–H groups in total. The van der Waals surface area contributed by atoms with E-state index in [-0.39, 0.29) is 18.4 Å². The third kappa shape index (κ3) is 4.86.